The molecule has 2 rings (SSSR count). The quantitative estimate of drug-likeness (QED) is 0.869. The minimum absolute atomic E-state index is 0.127. The lowest BCUT2D eigenvalue weighted by Gasteiger charge is -2.15. The van der Waals surface area contributed by atoms with Crippen molar-refractivity contribution in [3.05, 3.63) is 47.3 Å². The average Bonchev–Trinajstić information content (AvgIpc) is 2.88. The van der Waals surface area contributed by atoms with Crippen LogP contribution in [-0.4, -0.2) is 6.54 Å². The van der Waals surface area contributed by atoms with Crippen LogP contribution < -0.4 is 5.32 Å². The zero-order chi connectivity index (χ0) is 11.4. The van der Waals surface area contributed by atoms with Gasteiger partial charge < -0.3 is 14.2 Å². The van der Waals surface area contributed by atoms with Gasteiger partial charge in [-0.1, -0.05) is 6.92 Å². The van der Waals surface area contributed by atoms with E-state index in [1.807, 2.05) is 18.2 Å². The average molecular weight is 240 g/mol. The molecule has 2 aromatic heterocycles. The molecule has 1 unspecified atom stereocenters. The maximum Gasteiger partial charge on any atom is 0.197 e. The molecule has 2 heterocycles. The number of hydrogen-bond donors (Lipinski definition) is 1. The second kappa shape index (κ2) is 5.23. The maximum absolute atomic E-state index is 5.97. The first kappa shape index (κ1) is 11.3. The van der Waals surface area contributed by atoms with Gasteiger partial charge >= 0.3 is 0 Å². The Labute approximate surface area is 99.4 Å². The summed E-state index contributed by atoms with van der Waals surface area (Å²) in [6, 6.07) is 5.86. The van der Waals surface area contributed by atoms with Crippen molar-refractivity contribution in [3.8, 4) is 0 Å². The van der Waals surface area contributed by atoms with Gasteiger partial charge in [-0.15, -0.1) is 0 Å². The normalized spacial score (nSPS) is 12.9. The Morgan fingerprint density at radius 2 is 2.19 bits per heavy atom. The Hall–Kier alpha value is -1.19. The van der Waals surface area contributed by atoms with Crippen LogP contribution in [0.3, 0.4) is 0 Å². The third kappa shape index (κ3) is 2.49. The molecule has 2 aromatic rings. The third-order valence-corrected chi connectivity index (χ3v) is 2.76. The van der Waals surface area contributed by atoms with E-state index >= 15 is 0 Å². The lowest BCUT2D eigenvalue weighted by molar-refractivity contribution is 0.452. The summed E-state index contributed by atoms with van der Waals surface area (Å²) in [5.41, 5.74) is 0.972. The Kier molecular flexibility index (Phi) is 3.70. The van der Waals surface area contributed by atoms with E-state index in [9.17, 15) is 0 Å². The Bertz CT molecular complexity index is 422. The summed E-state index contributed by atoms with van der Waals surface area (Å²) in [7, 11) is 0. The first-order valence-electron chi connectivity index (χ1n) is 5.30. The highest BCUT2D eigenvalue weighted by atomic mass is 35.5. The Morgan fingerprint density at radius 1 is 1.31 bits per heavy atom. The van der Waals surface area contributed by atoms with Crippen LogP contribution in [0.1, 0.15) is 24.3 Å². The van der Waals surface area contributed by atoms with Crippen molar-refractivity contribution >= 4 is 11.6 Å². The molecule has 16 heavy (non-hydrogen) atoms. The minimum Gasteiger partial charge on any atom is -0.469 e. The standard InChI is InChI=1S/C12H14ClNO2/c1-2-14-11(8-9-4-3-6-15-9)10-5-7-16-12(10)13/h3-7,11,14H,2,8H2,1H3. The highest BCUT2D eigenvalue weighted by Gasteiger charge is 2.17. The predicted molar refractivity (Wildman–Crippen MR) is 62.5 cm³/mol. The molecule has 0 aliphatic heterocycles. The van der Waals surface area contributed by atoms with Gasteiger partial charge in [0.15, 0.2) is 5.22 Å². The van der Waals surface area contributed by atoms with E-state index in [4.69, 9.17) is 20.4 Å². The summed E-state index contributed by atoms with van der Waals surface area (Å²) in [5.74, 6) is 0.934. The van der Waals surface area contributed by atoms with Crippen molar-refractivity contribution in [3.63, 3.8) is 0 Å². The van der Waals surface area contributed by atoms with E-state index in [-0.39, 0.29) is 6.04 Å². The molecule has 0 radical (unpaired) electrons. The van der Waals surface area contributed by atoms with Crippen molar-refractivity contribution in [2.75, 3.05) is 6.54 Å². The molecule has 1 N–H and O–H groups in total. The van der Waals surface area contributed by atoms with Crippen molar-refractivity contribution in [1.29, 1.82) is 0 Å². The molecule has 0 spiro atoms. The summed E-state index contributed by atoms with van der Waals surface area (Å²) in [4.78, 5) is 0. The molecule has 0 amide bonds. The molecule has 0 aromatic carbocycles. The van der Waals surface area contributed by atoms with Crippen molar-refractivity contribution < 1.29 is 8.83 Å². The third-order valence-electron chi connectivity index (χ3n) is 2.46. The molecule has 3 nitrogen and oxygen atoms in total. The van der Waals surface area contributed by atoms with Gasteiger partial charge in [0, 0.05) is 18.0 Å². The van der Waals surface area contributed by atoms with Crippen LogP contribution in [0.4, 0.5) is 0 Å². The Morgan fingerprint density at radius 3 is 2.75 bits per heavy atom. The van der Waals surface area contributed by atoms with Crippen LogP contribution >= 0.6 is 11.6 Å². The number of hydrogen-bond acceptors (Lipinski definition) is 3. The summed E-state index contributed by atoms with van der Waals surface area (Å²) in [6.45, 7) is 2.93. The highest BCUT2D eigenvalue weighted by Crippen LogP contribution is 2.26. The van der Waals surface area contributed by atoms with Gasteiger partial charge in [-0.3, -0.25) is 0 Å². The van der Waals surface area contributed by atoms with Gasteiger partial charge in [0.1, 0.15) is 5.76 Å². The largest absolute Gasteiger partial charge is 0.469 e. The lowest BCUT2D eigenvalue weighted by atomic mass is 10.1. The topological polar surface area (TPSA) is 38.3 Å². The van der Waals surface area contributed by atoms with E-state index in [0.717, 1.165) is 24.3 Å². The van der Waals surface area contributed by atoms with Crippen LogP contribution in [0.2, 0.25) is 5.22 Å². The summed E-state index contributed by atoms with van der Waals surface area (Å²) in [5, 5.41) is 3.80. The molecule has 86 valence electrons. The highest BCUT2D eigenvalue weighted by molar-refractivity contribution is 6.29. The summed E-state index contributed by atoms with van der Waals surface area (Å²) >= 11 is 5.97. The predicted octanol–water partition coefficient (Wildman–Crippen LogP) is 3.42. The van der Waals surface area contributed by atoms with Crippen molar-refractivity contribution in [2.24, 2.45) is 0 Å². The van der Waals surface area contributed by atoms with Gasteiger partial charge in [-0.05, 0) is 36.3 Å². The van der Waals surface area contributed by atoms with E-state index in [2.05, 4.69) is 12.2 Å². The van der Waals surface area contributed by atoms with Crippen LogP contribution in [0.25, 0.3) is 0 Å². The number of rotatable bonds is 5. The fraction of sp³-hybridized carbons (Fsp3) is 0.333. The van der Waals surface area contributed by atoms with Crippen molar-refractivity contribution in [2.45, 2.75) is 19.4 Å². The first-order valence-corrected chi connectivity index (χ1v) is 5.67. The maximum atomic E-state index is 5.97. The molecule has 0 fully saturated rings. The molecule has 0 saturated heterocycles. The van der Waals surface area contributed by atoms with Gasteiger partial charge in [0.05, 0.1) is 12.5 Å². The first-order chi connectivity index (χ1) is 7.81. The molecule has 0 aliphatic rings. The van der Waals surface area contributed by atoms with Crippen molar-refractivity contribution in [1.82, 2.24) is 5.32 Å². The molecule has 0 bridgehead atoms. The zero-order valence-corrected chi connectivity index (χ0v) is 9.83. The number of furan rings is 2. The van der Waals surface area contributed by atoms with E-state index in [1.54, 1.807) is 12.5 Å². The van der Waals surface area contributed by atoms with E-state index < -0.39 is 0 Å². The molecular formula is C12H14ClNO2. The summed E-state index contributed by atoms with van der Waals surface area (Å²) < 4.78 is 10.4. The second-order valence-electron chi connectivity index (χ2n) is 3.54. The number of nitrogens with one attached hydrogen (secondary N) is 1. The fourth-order valence-corrected chi connectivity index (χ4v) is 1.97. The SMILES string of the molecule is CCNC(Cc1ccco1)c1ccoc1Cl. The van der Waals surface area contributed by atoms with Crippen LogP contribution in [-0.2, 0) is 6.42 Å². The molecule has 1 atom stereocenters. The van der Waals surface area contributed by atoms with E-state index in [0.29, 0.717) is 5.22 Å². The number of halogens is 1. The molecular weight excluding hydrogens is 226 g/mol. The molecule has 0 aliphatic carbocycles. The molecule has 4 heteroatoms. The molecule has 0 saturated carbocycles. The van der Waals surface area contributed by atoms with E-state index in [1.165, 1.54) is 0 Å². The van der Waals surface area contributed by atoms with Crippen LogP contribution in [0.15, 0.2) is 39.6 Å². The van der Waals surface area contributed by atoms with Crippen LogP contribution in [0.5, 0.6) is 0 Å². The number of likely N-dealkylation sites (N-methyl/N-ethyl adjacent to an activating group) is 1. The van der Waals surface area contributed by atoms with Gasteiger partial charge in [0.25, 0.3) is 0 Å². The van der Waals surface area contributed by atoms with Gasteiger partial charge in [-0.25, -0.2) is 0 Å². The Balaban J connectivity index is 2.14. The van der Waals surface area contributed by atoms with Gasteiger partial charge in [0.2, 0.25) is 0 Å². The fourth-order valence-electron chi connectivity index (χ4n) is 1.72. The monoisotopic (exact) mass is 239 g/mol. The second-order valence-corrected chi connectivity index (χ2v) is 3.89. The van der Waals surface area contributed by atoms with Gasteiger partial charge in [-0.2, -0.15) is 0 Å². The van der Waals surface area contributed by atoms with Crippen LogP contribution in [0, 0.1) is 0 Å². The lowest BCUT2D eigenvalue weighted by Crippen LogP contribution is -2.22. The summed E-state index contributed by atoms with van der Waals surface area (Å²) in [6.07, 6.45) is 4.04. The zero-order valence-electron chi connectivity index (χ0n) is 9.07. The minimum atomic E-state index is 0.127. The smallest absolute Gasteiger partial charge is 0.197 e.